The second-order valence-corrected chi connectivity index (χ2v) is 3.83. The van der Waals surface area contributed by atoms with Crippen LogP contribution in [0.2, 0.25) is 0 Å². The molecule has 0 aliphatic heterocycles. The SMILES string of the molecule is CC(=O)NCC(O)C(O)c1ccc(NN)c(F)c1. The van der Waals surface area contributed by atoms with Crippen molar-refractivity contribution in [3.05, 3.63) is 29.6 Å². The third-order valence-corrected chi connectivity index (χ3v) is 2.41. The van der Waals surface area contributed by atoms with Gasteiger partial charge in [-0.05, 0) is 17.7 Å². The van der Waals surface area contributed by atoms with Crippen LogP contribution in [-0.4, -0.2) is 28.8 Å². The van der Waals surface area contributed by atoms with Crippen LogP contribution in [0.25, 0.3) is 0 Å². The summed E-state index contributed by atoms with van der Waals surface area (Å²) in [6.07, 6.45) is -2.51. The Morgan fingerprint density at radius 1 is 1.50 bits per heavy atom. The van der Waals surface area contributed by atoms with E-state index in [9.17, 15) is 19.4 Å². The molecule has 6 nitrogen and oxygen atoms in total. The highest BCUT2D eigenvalue weighted by Crippen LogP contribution is 2.21. The molecule has 6 N–H and O–H groups in total. The van der Waals surface area contributed by atoms with Gasteiger partial charge in [0, 0.05) is 13.5 Å². The van der Waals surface area contributed by atoms with Gasteiger partial charge in [-0.2, -0.15) is 0 Å². The predicted octanol–water partition coefficient (Wildman–Crippen LogP) is -0.358. The maximum absolute atomic E-state index is 13.4. The number of nitrogens with two attached hydrogens (primary N) is 1. The van der Waals surface area contributed by atoms with Crippen molar-refractivity contribution in [1.29, 1.82) is 0 Å². The molecule has 0 aliphatic carbocycles. The van der Waals surface area contributed by atoms with Crippen LogP contribution in [0.5, 0.6) is 0 Å². The standard InChI is InChI=1S/C11H16FN3O3/c1-6(16)14-5-10(17)11(18)7-2-3-9(15-13)8(12)4-7/h2-4,10-11,15,17-18H,5,13H2,1H3,(H,14,16). The number of nitrogen functional groups attached to an aromatic ring is 1. The van der Waals surface area contributed by atoms with E-state index in [2.05, 4.69) is 10.7 Å². The molecule has 0 heterocycles. The first-order valence-electron chi connectivity index (χ1n) is 5.32. The molecular formula is C11H16FN3O3. The molecule has 0 aliphatic rings. The van der Waals surface area contributed by atoms with Crippen molar-refractivity contribution in [3.8, 4) is 0 Å². The van der Waals surface area contributed by atoms with Crippen molar-refractivity contribution in [1.82, 2.24) is 5.32 Å². The van der Waals surface area contributed by atoms with E-state index < -0.39 is 18.0 Å². The second-order valence-electron chi connectivity index (χ2n) is 3.83. The second kappa shape index (κ2) is 6.29. The van der Waals surface area contributed by atoms with Crippen molar-refractivity contribution in [2.24, 2.45) is 5.84 Å². The minimum atomic E-state index is -1.29. The van der Waals surface area contributed by atoms with Gasteiger partial charge in [0.05, 0.1) is 5.69 Å². The maximum Gasteiger partial charge on any atom is 0.216 e. The number of halogens is 1. The molecule has 2 unspecified atom stereocenters. The summed E-state index contributed by atoms with van der Waals surface area (Å²) in [6.45, 7) is 1.18. The summed E-state index contributed by atoms with van der Waals surface area (Å²) in [5, 5.41) is 21.7. The van der Waals surface area contributed by atoms with Gasteiger partial charge in [0.1, 0.15) is 18.0 Å². The Hall–Kier alpha value is -1.70. The zero-order chi connectivity index (χ0) is 13.7. The number of amides is 1. The number of rotatable bonds is 5. The van der Waals surface area contributed by atoms with E-state index in [1.807, 2.05) is 0 Å². The van der Waals surface area contributed by atoms with Gasteiger partial charge < -0.3 is 21.0 Å². The number of hydrogen-bond acceptors (Lipinski definition) is 5. The lowest BCUT2D eigenvalue weighted by molar-refractivity contribution is -0.119. The number of hydrogen-bond donors (Lipinski definition) is 5. The highest BCUT2D eigenvalue weighted by atomic mass is 19.1. The van der Waals surface area contributed by atoms with Gasteiger partial charge in [-0.15, -0.1) is 0 Å². The molecule has 0 fully saturated rings. The molecule has 1 amide bonds. The fourth-order valence-corrected chi connectivity index (χ4v) is 1.41. The maximum atomic E-state index is 13.4. The number of hydrazine groups is 1. The summed E-state index contributed by atoms with van der Waals surface area (Å²) in [7, 11) is 0. The Kier molecular flexibility index (Phi) is 5.02. The molecule has 0 bridgehead atoms. The van der Waals surface area contributed by atoms with Crippen LogP contribution >= 0.6 is 0 Å². The third-order valence-electron chi connectivity index (χ3n) is 2.41. The Balaban J connectivity index is 2.74. The van der Waals surface area contributed by atoms with Gasteiger partial charge in [0.2, 0.25) is 5.91 Å². The Labute approximate surface area is 104 Å². The first-order valence-corrected chi connectivity index (χ1v) is 5.32. The lowest BCUT2D eigenvalue weighted by Crippen LogP contribution is -2.34. The summed E-state index contributed by atoms with van der Waals surface area (Å²) in [4.78, 5) is 10.7. The summed E-state index contributed by atoms with van der Waals surface area (Å²) < 4.78 is 13.4. The fourth-order valence-electron chi connectivity index (χ4n) is 1.41. The normalized spacial score (nSPS) is 13.8. The highest BCUT2D eigenvalue weighted by Gasteiger charge is 2.19. The molecule has 1 rings (SSSR count). The zero-order valence-corrected chi connectivity index (χ0v) is 9.85. The number of aliphatic hydroxyl groups excluding tert-OH is 2. The van der Waals surface area contributed by atoms with Crippen LogP contribution in [0.3, 0.4) is 0 Å². The van der Waals surface area contributed by atoms with Crippen LogP contribution in [0.15, 0.2) is 18.2 Å². The summed E-state index contributed by atoms with van der Waals surface area (Å²) in [6, 6.07) is 3.84. The first-order chi connectivity index (χ1) is 8.45. The van der Waals surface area contributed by atoms with Crippen LogP contribution in [0, 0.1) is 5.82 Å². The number of benzene rings is 1. The predicted molar refractivity (Wildman–Crippen MR) is 63.9 cm³/mol. The molecule has 100 valence electrons. The van der Waals surface area contributed by atoms with E-state index in [1.165, 1.54) is 19.1 Å². The Morgan fingerprint density at radius 2 is 2.17 bits per heavy atom. The van der Waals surface area contributed by atoms with Crippen molar-refractivity contribution in [2.75, 3.05) is 12.0 Å². The van der Waals surface area contributed by atoms with E-state index in [0.29, 0.717) is 0 Å². The average Bonchev–Trinajstić information content (AvgIpc) is 2.34. The lowest BCUT2D eigenvalue weighted by atomic mass is 10.0. The molecule has 0 aromatic heterocycles. The van der Waals surface area contributed by atoms with E-state index >= 15 is 0 Å². The Bertz CT molecular complexity index is 428. The minimum absolute atomic E-state index is 0.0855. The molecule has 18 heavy (non-hydrogen) atoms. The van der Waals surface area contributed by atoms with E-state index in [-0.39, 0.29) is 23.7 Å². The minimum Gasteiger partial charge on any atom is -0.388 e. The molecular weight excluding hydrogens is 241 g/mol. The van der Waals surface area contributed by atoms with Crippen LogP contribution in [0.4, 0.5) is 10.1 Å². The van der Waals surface area contributed by atoms with E-state index in [1.54, 1.807) is 0 Å². The molecule has 1 aromatic carbocycles. The van der Waals surface area contributed by atoms with Gasteiger partial charge in [-0.25, -0.2) is 4.39 Å². The third kappa shape index (κ3) is 3.66. The topological polar surface area (TPSA) is 108 Å². The van der Waals surface area contributed by atoms with Crippen LogP contribution < -0.4 is 16.6 Å². The molecule has 0 saturated carbocycles. The van der Waals surface area contributed by atoms with Gasteiger partial charge >= 0.3 is 0 Å². The van der Waals surface area contributed by atoms with Gasteiger partial charge in [0.15, 0.2) is 0 Å². The number of anilines is 1. The molecule has 1 aromatic rings. The number of aliphatic hydroxyl groups is 2. The largest absolute Gasteiger partial charge is 0.388 e. The average molecular weight is 257 g/mol. The number of carbonyl (C=O) groups is 1. The first kappa shape index (κ1) is 14.4. The summed E-state index contributed by atoms with van der Waals surface area (Å²) in [5.41, 5.74) is 2.44. The van der Waals surface area contributed by atoms with Crippen molar-refractivity contribution >= 4 is 11.6 Å². The van der Waals surface area contributed by atoms with Crippen LogP contribution in [0.1, 0.15) is 18.6 Å². The van der Waals surface area contributed by atoms with Gasteiger partial charge in [-0.3, -0.25) is 10.6 Å². The molecule has 7 heteroatoms. The van der Waals surface area contributed by atoms with E-state index in [4.69, 9.17) is 5.84 Å². The van der Waals surface area contributed by atoms with Crippen molar-refractivity contribution in [2.45, 2.75) is 19.1 Å². The van der Waals surface area contributed by atoms with Gasteiger partial charge in [-0.1, -0.05) is 6.07 Å². The zero-order valence-electron chi connectivity index (χ0n) is 9.85. The van der Waals surface area contributed by atoms with Crippen molar-refractivity contribution in [3.63, 3.8) is 0 Å². The quantitative estimate of drug-likeness (QED) is 0.366. The van der Waals surface area contributed by atoms with Crippen molar-refractivity contribution < 1.29 is 19.4 Å². The molecule has 0 radical (unpaired) electrons. The van der Waals surface area contributed by atoms with Crippen LogP contribution in [-0.2, 0) is 4.79 Å². The molecule has 0 saturated heterocycles. The summed E-state index contributed by atoms with van der Waals surface area (Å²) >= 11 is 0. The number of carbonyl (C=O) groups excluding carboxylic acids is 1. The molecule has 2 atom stereocenters. The number of nitrogens with one attached hydrogen (secondary N) is 2. The smallest absolute Gasteiger partial charge is 0.216 e. The van der Waals surface area contributed by atoms with Gasteiger partial charge in [0.25, 0.3) is 0 Å². The summed E-state index contributed by atoms with van der Waals surface area (Å²) in [5.74, 6) is 4.11. The molecule has 0 spiro atoms. The Morgan fingerprint density at radius 3 is 2.67 bits per heavy atom. The highest BCUT2D eigenvalue weighted by molar-refractivity contribution is 5.72. The van der Waals surface area contributed by atoms with E-state index in [0.717, 1.165) is 6.07 Å². The lowest BCUT2D eigenvalue weighted by Gasteiger charge is -2.18. The monoisotopic (exact) mass is 257 g/mol. The fraction of sp³-hybridized carbons (Fsp3) is 0.364.